The number of hydrogen-bond acceptors (Lipinski definition) is 12. The second-order valence-electron chi connectivity index (χ2n) is 18.8. The Labute approximate surface area is 404 Å². The van der Waals surface area contributed by atoms with Gasteiger partial charge in [-0.15, -0.1) is 11.3 Å². The number of hydrogen-bond donors (Lipinski definition) is 4. The fraction of sp³-hybridized carbons (Fsp3) is 0.404. The van der Waals surface area contributed by atoms with Crippen molar-refractivity contribution < 1.29 is 32.9 Å². The molecule has 4 atom stereocenters. The zero-order valence-electron chi connectivity index (χ0n) is 39.4. The number of aromatic carboxylic acids is 1. The van der Waals surface area contributed by atoms with Gasteiger partial charge in [0.05, 0.1) is 28.7 Å². The van der Waals surface area contributed by atoms with Crippen LogP contribution < -0.4 is 16.0 Å². The zero-order valence-corrected chi connectivity index (χ0v) is 41.0. The third-order valence-corrected chi connectivity index (χ3v) is 15.1. The fourth-order valence-electron chi connectivity index (χ4n) is 10.6. The summed E-state index contributed by atoms with van der Waals surface area (Å²) in [5.74, 6) is -0.216. The van der Waals surface area contributed by atoms with Crippen LogP contribution in [-0.2, 0) is 40.1 Å². The molecule has 5 N–H and O–H groups in total. The second-order valence-corrected chi connectivity index (χ2v) is 20.9. The van der Waals surface area contributed by atoms with E-state index >= 15 is 0 Å². The normalized spacial score (nSPS) is 20.7. The molecule has 0 bridgehead atoms. The molecule has 5 aromatic rings. The molecule has 1 amide bonds. The van der Waals surface area contributed by atoms with Gasteiger partial charge in [-0.1, -0.05) is 74.9 Å². The van der Waals surface area contributed by atoms with Crippen LogP contribution in [0, 0.1) is 16.7 Å². The number of thiazole rings is 1. The molecule has 8 rings (SSSR count). The zero-order chi connectivity index (χ0) is 48.2. The molecule has 1 fully saturated rings. The lowest BCUT2D eigenvalue weighted by atomic mass is 9.49. The van der Waals surface area contributed by atoms with Crippen LogP contribution >= 0.6 is 11.3 Å². The van der Waals surface area contributed by atoms with Gasteiger partial charge in [0.25, 0.3) is 0 Å². The molecule has 68 heavy (non-hydrogen) atoms. The molecule has 2 aliphatic carbocycles. The molecule has 2 aromatic heterocycles. The van der Waals surface area contributed by atoms with Gasteiger partial charge in [-0.25, -0.2) is 23.8 Å². The Morgan fingerprint density at radius 3 is 2.60 bits per heavy atom. The number of para-hydroxylation sites is 1. The summed E-state index contributed by atoms with van der Waals surface area (Å²) in [4.78, 5) is 44.6. The quantitative estimate of drug-likeness (QED) is 0.0349. The van der Waals surface area contributed by atoms with Crippen LogP contribution in [0.1, 0.15) is 79.7 Å². The predicted octanol–water partition coefficient (Wildman–Crippen LogP) is 9.44. The maximum Gasteiger partial charge on any atom is 0.410 e. The van der Waals surface area contributed by atoms with E-state index in [2.05, 4.69) is 61.3 Å². The topological polar surface area (TPSA) is 193 Å². The van der Waals surface area contributed by atoms with Crippen molar-refractivity contribution in [3.63, 3.8) is 0 Å². The van der Waals surface area contributed by atoms with E-state index in [0.717, 1.165) is 51.3 Å². The highest BCUT2D eigenvalue weighted by Gasteiger charge is 2.59. The van der Waals surface area contributed by atoms with Crippen LogP contribution in [0.25, 0.3) is 26.4 Å². The number of aromatic nitrogens is 2. The summed E-state index contributed by atoms with van der Waals surface area (Å²) < 4.78 is 34.3. The number of carbonyl (C=O) groups excluding carboxylic acids is 1. The van der Waals surface area contributed by atoms with Crippen LogP contribution in [0.3, 0.4) is 0 Å². The average Bonchev–Trinajstić information content (AvgIpc) is 3.90. The first-order chi connectivity index (χ1) is 32.7. The lowest BCUT2D eigenvalue weighted by molar-refractivity contribution is 0.0177. The maximum atomic E-state index is 13.2. The molecular weight excluding hydrogens is 899 g/mol. The summed E-state index contributed by atoms with van der Waals surface area (Å²) in [7, 11) is 1.83. The minimum atomic E-state index is -2.09. The van der Waals surface area contributed by atoms with Crippen LogP contribution in [0.15, 0.2) is 102 Å². The third kappa shape index (κ3) is 10.5. The largest absolute Gasteiger partial charge is 0.476 e. The van der Waals surface area contributed by atoms with Gasteiger partial charge in [0.1, 0.15) is 17.4 Å². The molecule has 3 aromatic carbocycles. The lowest BCUT2D eigenvalue weighted by Crippen LogP contribution is -2.49. The minimum absolute atomic E-state index is 0.0327. The summed E-state index contributed by atoms with van der Waals surface area (Å²) in [6, 6.07) is 25.7. The summed E-state index contributed by atoms with van der Waals surface area (Å²) >= 11 is -0.416. The van der Waals surface area contributed by atoms with Gasteiger partial charge in [0.2, 0.25) is 0 Å². The third-order valence-electron chi connectivity index (χ3n) is 13.5. The molecule has 0 saturated heterocycles. The van der Waals surface area contributed by atoms with Crippen molar-refractivity contribution in [1.29, 1.82) is 0 Å². The molecule has 14 nitrogen and oxygen atoms in total. The van der Waals surface area contributed by atoms with Gasteiger partial charge < -0.3 is 40.0 Å². The van der Waals surface area contributed by atoms with Gasteiger partial charge in [0, 0.05) is 79.5 Å². The van der Waals surface area contributed by atoms with E-state index in [1.54, 1.807) is 17.4 Å². The van der Waals surface area contributed by atoms with E-state index in [0.29, 0.717) is 54.6 Å². The molecule has 1 aliphatic heterocycles. The molecule has 1 saturated carbocycles. The highest BCUT2D eigenvalue weighted by Crippen LogP contribution is 2.67. The first kappa shape index (κ1) is 48.5. The number of benzene rings is 3. The number of nitrogens with zero attached hydrogens (tertiary/aromatic N) is 5. The van der Waals surface area contributed by atoms with E-state index in [9.17, 15) is 23.5 Å². The van der Waals surface area contributed by atoms with E-state index in [1.165, 1.54) is 27.8 Å². The van der Waals surface area contributed by atoms with Crippen molar-refractivity contribution in [3.8, 4) is 10.6 Å². The number of carboxylic acid groups (broad SMARTS) is 1. The van der Waals surface area contributed by atoms with Gasteiger partial charge in [-0.05, 0) is 97.0 Å². The van der Waals surface area contributed by atoms with Crippen LogP contribution in [0.4, 0.5) is 16.3 Å². The Morgan fingerprint density at radius 1 is 1.09 bits per heavy atom. The molecule has 358 valence electrons. The van der Waals surface area contributed by atoms with Crippen molar-refractivity contribution in [1.82, 2.24) is 14.9 Å². The van der Waals surface area contributed by atoms with Gasteiger partial charge in [0.15, 0.2) is 16.8 Å². The van der Waals surface area contributed by atoms with Crippen LogP contribution in [-0.4, -0.2) is 98.2 Å². The number of nitrogens with two attached hydrogens (primary N) is 1. The number of allylic oxidation sites excluding steroid dienone is 1. The Bertz CT molecular complexity index is 2760. The highest BCUT2D eigenvalue weighted by molar-refractivity contribution is 7.79. The monoisotopic (exact) mass is 959 g/mol. The number of anilines is 2. The number of fused-ring (bicyclic) bond motifs is 3. The molecule has 16 heteroatoms. The smallest absolute Gasteiger partial charge is 0.410 e. The Hall–Kier alpha value is -5.94. The summed E-state index contributed by atoms with van der Waals surface area (Å²) in [6.45, 7) is 10.8. The number of carbonyl (C=O) groups is 2. The minimum Gasteiger partial charge on any atom is -0.476 e. The van der Waals surface area contributed by atoms with Crippen molar-refractivity contribution in [2.24, 2.45) is 27.5 Å². The van der Waals surface area contributed by atoms with Crippen LogP contribution in [0.5, 0.6) is 0 Å². The lowest BCUT2D eigenvalue weighted by Gasteiger charge is -2.56. The number of ether oxygens (including phenoxy) is 2. The van der Waals surface area contributed by atoms with E-state index in [4.69, 9.17) is 30.2 Å². The fourth-order valence-corrected chi connectivity index (χ4v) is 12.0. The van der Waals surface area contributed by atoms with E-state index in [-0.39, 0.29) is 54.7 Å². The Kier molecular flexibility index (Phi) is 14.8. The number of amides is 1. The standard InChI is InChI=1S/C52H61N7O7S2/c1-33(2)26-51(4)31-52(27-38(25-45(51)52)65-23-21-58(22-24-68(63)64)50(62)66-30-35-13-15-37(54-5)16-14-35)32-55-34(3)41(28-53)39-17-18-46(57-47(39)49(60)61)59-20-19-36-9-8-10-40(42(36)29-59)48-56-43-11-6-7-12-44(43)67-48/h6-18,25,28,33,38,54H,19-24,26-27,29-32,53H2,1-5H3,(H,60,61)(H,63,64). The summed E-state index contributed by atoms with van der Waals surface area (Å²) in [5.41, 5.74) is 15.0. The van der Waals surface area contributed by atoms with Crippen molar-refractivity contribution in [3.05, 3.63) is 125 Å². The average molecular weight is 960 g/mol. The first-order valence-electron chi connectivity index (χ1n) is 23.2. The van der Waals surface area contributed by atoms with E-state index < -0.39 is 23.1 Å². The Morgan fingerprint density at radius 2 is 1.88 bits per heavy atom. The van der Waals surface area contributed by atoms with Gasteiger partial charge in [-0.2, -0.15) is 0 Å². The number of pyridine rings is 1. The molecule has 3 heterocycles. The predicted molar refractivity (Wildman–Crippen MR) is 272 cm³/mol. The first-order valence-corrected chi connectivity index (χ1v) is 25.3. The molecule has 0 spiro atoms. The van der Waals surface area contributed by atoms with Crippen molar-refractivity contribution in [2.75, 3.05) is 55.8 Å². The van der Waals surface area contributed by atoms with Crippen LogP contribution in [0.2, 0.25) is 0 Å². The van der Waals surface area contributed by atoms with Gasteiger partial charge in [-0.3, -0.25) is 4.99 Å². The Balaban J connectivity index is 0.955. The second kappa shape index (κ2) is 20.7. The van der Waals surface area contributed by atoms with Crippen molar-refractivity contribution >= 4 is 67.5 Å². The SMILES string of the molecule is CNc1ccc(COC(=O)N(CCOC2C=C3C(C)(CC(C)C)CC3(CN=C(C)C(=CN)c3ccc(N4CCc5cccc(-c6nc7ccccc7s6)c5C4)nc3C(=O)O)C2)CCS(=O)O)cc1. The number of rotatable bonds is 19. The highest BCUT2D eigenvalue weighted by atomic mass is 32.2. The molecular formula is C52H61N7O7S2. The number of carboxylic acids is 1. The number of nitrogens with one attached hydrogen (secondary N) is 1. The van der Waals surface area contributed by atoms with Crippen molar-refractivity contribution in [2.45, 2.75) is 72.6 Å². The van der Waals surface area contributed by atoms with Gasteiger partial charge >= 0.3 is 12.1 Å². The number of aliphatic imine (C=N–C) groups is 1. The molecule has 4 unspecified atom stereocenters. The van der Waals surface area contributed by atoms with E-state index in [1.807, 2.05) is 62.5 Å². The molecule has 3 aliphatic rings. The molecule has 0 radical (unpaired) electrons. The summed E-state index contributed by atoms with van der Waals surface area (Å²) in [5, 5.41) is 14.6. The maximum absolute atomic E-state index is 13.2. The summed E-state index contributed by atoms with van der Waals surface area (Å²) in [6.07, 6.45) is 6.23.